The van der Waals surface area contributed by atoms with E-state index in [1.54, 1.807) is 18.3 Å². The average molecular weight is 265 g/mol. The van der Waals surface area contributed by atoms with Gasteiger partial charge in [0.2, 0.25) is 0 Å². The summed E-state index contributed by atoms with van der Waals surface area (Å²) in [5, 5.41) is 8.88. The molecule has 0 radical (unpaired) electrons. The lowest BCUT2D eigenvalue weighted by Gasteiger charge is -2.32. The Morgan fingerprint density at radius 2 is 2.06 bits per heavy atom. The van der Waals surface area contributed by atoms with E-state index in [0.29, 0.717) is 5.56 Å². The number of sulfone groups is 1. The largest absolute Gasteiger partial charge is 0.481 e. The zero-order valence-electron chi connectivity index (χ0n) is 9.33. The highest BCUT2D eigenvalue weighted by molar-refractivity contribution is 7.93. The molecular formula is C12H11NO4S. The van der Waals surface area contributed by atoms with Gasteiger partial charge in [-0.05, 0) is 11.6 Å². The fourth-order valence-electron chi connectivity index (χ4n) is 2.51. The Labute approximate surface area is 103 Å². The Hall–Kier alpha value is -1.82. The molecule has 2 aromatic rings. The summed E-state index contributed by atoms with van der Waals surface area (Å²) in [7, 11) is -3.33. The molecule has 1 aromatic heterocycles. The van der Waals surface area contributed by atoms with Crippen LogP contribution in [-0.4, -0.2) is 30.2 Å². The maximum absolute atomic E-state index is 11.8. The molecule has 1 saturated heterocycles. The van der Waals surface area contributed by atoms with E-state index >= 15 is 0 Å². The average Bonchev–Trinajstić information content (AvgIpc) is 2.70. The molecule has 0 saturated carbocycles. The van der Waals surface area contributed by atoms with Crippen molar-refractivity contribution in [3.8, 4) is 0 Å². The van der Waals surface area contributed by atoms with Crippen LogP contribution in [0.3, 0.4) is 0 Å². The van der Waals surface area contributed by atoms with Crippen molar-refractivity contribution in [3.63, 3.8) is 0 Å². The molecule has 2 unspecified atom stereocenters. The zero-order valence-corrected chi connectivity index (χ0v) is 10.1. The second kappa shape index (κ2) is 3.58. The van der Waals surface area contributed by atoms with Crippen molar-refractivity contribution in [3.05, 3.63) is 36.0 Å². The number of aromatic nitrogens is 1. The monoisotopic (exact) mass is 265 g/mol. The first kappa shape index (κ1) is 11.3. The highest BCUT2D eigenvalue weighted by atomic mass is 32.2. The van der Waals surface area contributed by atoms with Crippen LogP contribution >= 0.6 is 0 Å². The third-order valence-electron chi connectivity index (χ3n) is 3.41. The number of carboxylic acids is 1. The molecule has 18 heavy (non-hydrogen) atoms. The van der Waals surface area contributed by atoms with Gasteiger partial charge in [0.05, 0.1) is 11.7 Å². The van der Waals surface area contributed by atoms with Gasteiger partial charge in [-0.2, -0.15) is 0 Å². The first-order valence-corrected chi connectivity index (χ1v) is 7.22. The van der Waals surface area contributed by atoms with Crippen LogP contribution in [0.2, 0.25) is 0 Å². The summed E-state index contributed by atoms with van der Waals surface area (Å²) in [5.74, 6) is -2.17. The fourth-order valence-corrected chi connectivity index (χ4v) is 4.49. The predicted octanol–water partition coefficient (Wildman–Crippen LogP) is 1.34. The van der Waals surface area contributed by atoms with Gasteiger partial charge in [-0.25, -0.2) is 8.42 Å². The SMILES string of the molecule is O=C(O)C1CS(=O)(=O)C1c1c[nH]c2ccccc12. The number of benzene rings is 1. The van der Waals surface area contributed by atoms with Crippen molar-refractivity contribution in [1.82, 2.24) is 4.98 Å². The minimum absolute atomic E-state index is 0.271. The number of fused-ring (bicyclic) bond motifs is 1. The van der Waals surface area contributed by atoms with Crippen LogP contribution in [0.4, 0.5) is 0 Å². The molecule has 2 heterocycles. The van der Waals surface area contributed by atoms with E-state index in [4.69, 9.17) is 5.11 Å². The summed E-state index contributed by atoms with van der Waals surface area (Å²) >= 11 is 0. The minimum atomic E-state index is -3.33. The lowest BCUT2D eigenvalue weighted by atomic mass is 9.99. The Kier molecular flexibility index (Phi) is 2.25. The first-order valence-electron chi connectivity index (χ1n) is 5.51. The topological polar surface area (TPSA) is 87.2 Å². The number of aromatic amines is 1. The van der Waals surface area contributed by atoms with Gasteiger partial charge in [-0.3, -0.25) is 4.79 Å². The van der Waals surface area contributed by atoms with Crippen molar-refractivity contribution >= 4 is 26.7 Å². The molecule has 1 aliphatic rings. The van der Waals surface area contributed by atoms with Crippen molar-refractivity contribution in [2.75, 3.05) is 5.75 Å². The lowest BCUT2D eigenvalue weighted by molar-refractivity contribution is -0.141. The number of carboxylic acid groups (broad SMARTS) is 1. The van der Waals surface area contributed by atoms with Crippen LogP contribution in [0.15, 0.2) is 30.5 Å². The van der Waals surface area contributed by atoms with Gasteiger partial charge in [-0.15, -0.1) is 0 Å². The van der Waals surface area contributed by atoms with Gasteiger partial charge < -0.3 is 10.1 Å². The smallest absolute Gasteiger partial charge is 0.309 e. The second-order valence-electron chi connectivity index (χ2n) is 4.48. The predicted molar refractivity (Wildman–Crippen MR) is 66.0 cm³/mol. The molecule has 0 amide bonds. The molecule has 0 spiro atoms. The molecule has 0 aliphatic carbocycles. The van der Waals surface area contributed by atoms with E-state index in [1.165, 1.54) is 0 Å². The van der Waals surface area contributed by atoms with Gasteiger partial charge >= 0.3 is 5.97 Å². The molecule has 5 nitrogen and oxygen atoms in total. The molecular weight excluding hydrogens is 254 g/mol. The molecule has 1 aliphatic heterocycles. The summed E-state index contributed by atoms with van der Waals surface area (Å²) in [6.07, 6.45) is 1.60. The summed E-state index contributed by atoms with van der Waals surface area (Å²) in [5.41, 5.74) is 1.38. The number of rotatable bonds is 2. The van der Waals surface area contributed by atoms with Crippen molar-refractivity contribution < 1.29 is 18.3 Å². The van der Waals surface area contributed by atoms with Gasteiger partial charge in [0.1, 0.15) is 5.25 Å². The fraction of sp³-hybridized carbons (Fsp3) is 0.250. The van der Waals surface area contributed by atoms with Crippen LogP contribution in [0.5, 0.6) is 0 Å². The maximum Gasteiger partial charge on any atom is 0.309 e. The highest BCUT2D eigenvalue weighted by Gasteiger charge is 2.51. The van der Waals surface area contributed by atoms with Gasteiger partial charge in [-0.1, -0.05) is 18.2 Å². The van der Waals surface area contributed by atoms with Gasteiger partial charge in [0, 0.05) is 17.1 Å². The Morgan fingerprint density at radius 1 is 1.33 bits per heavy atom. The van der Waals surface area contributed by atoms with Crippen LogP contribution in [0.1, 0.15) is 10.8 Å². The third-order valence-corrected chi connectivity index (χ3v) is 5.59. The number of hydrogen-bond donors (Lipinski definition) is 2. The number of H-pyrrole nitrogens is 1. The molecule has 2 N–H and O–H groups in total. The molecule has 3 rings (SSSR count). The van der Waals surface area contributed by atoms with Gasteiger partial charge in [0.25, 0.3) is 0 Å². The second-order valence-corrected chi connectivity index (χ2v) is 6.65. The Balaban J connectivity index is 2.16. The van der Waals surface area contributed by atoms with E-state index < -0.39 is 27.0 Å². The third kappa shape index (κ3) is 1.45. The maximum atomic E-state index is 11.8. The van der Waals surface area contributed by atoms with E-state index in [-0.39, 0.29) is 5.75 Å². The zero-order chi connectivity index (χ0) is 12.9. The van der Waals surface area contributed by atoms with Gasteiger partial charge in [0.15, 0.2) is 9.84 Å². The molecule has 0 bridgehead atoms. The summed E-state index contributed by atoms with van der Waals surface area (Å²) in [6, 6.07) is 7.28. The van der Waals surface area contributed by atoms with Crippen LogP contribution < -0.4 is 0 Å². The molecule has 94 valence electrons. The summed E-state index contributed by atoms with van der Waals surface area (Å²) < 4.78 is 23.6. The van der Waals surface area contributed by atoms with Crippen molar-refractivity contribution in [2.45, 2.75) is 5.25 Å². The number of para-hydroxylation sites is 1. The highest BCUT2D eigenvalue weighted by Crippen LogP contribution is 2.44. The molecule has 1 aromatic carbocycles. The minimum Gasteiger partial charge on any atom is -0.481 e. The number of hydrogen-bond acceptors (Lipinski definition) is 3. The van der Waals surface area contributed by atoms with Crippen LogP contribution in [-0.2, 0) is 14.6 Å². The molecule has 6 heteroatoms. The van der Waals surface area contributed by atoms with Crippen molar-refractivity contribution in [1.29, 1.82) is 0 Å². The van der Waals surface area contributed by atoms with Crippen LogP contribution in [0.25, 0.3) is 10.9 Å². The normalized spacial score (nSPS) is 25.8. The number of aliphatic carboxylic acids is 1. The summed E-state index contributed by atoms with van der Waals surface area (Å²) in [6.45, 7) is 0. The Morgan fingerprint density at radius 3 is 2.72 bits per heavy atom. The first-order chi connectivity index (χ1) is 8.50. The van der Waals surface area contributed by atoms with E-state index in [1.807, 2.05) is 12.1 Å². The van der Waals surface area contributed by atoms with Crippen LogP contribution in [0, 0.1) is 5.92 Å². The molecule has 2 atom stereocenters. The number of carbonyl (C=O) groups is 1. The quantitative estimate of drug-likeness (QED) is 0.857. The lowest BCUT2D eigenvalue weighted by Crippen LogP contribution is -2.44. The van der Waals surface area contributed by atoms with E-state index in [9.17, 15) is 13.2 Å². The van der Waals surface area contributed by atoms with Crippen molar-refractivity contribution in [2.24, 2.45) is 5.92 Å². The van der Waals surface area contributed by atoms with E-state index in [0.717, 1.165) is 10.9 Å². The Bertz CT molecular complexity index is 731. The molecule has 1 fully saturated rings. The standard InChI is InChI=1S/C12H11NO4S/c14-12(15)9-6-18(16,17)11(9)8-5-13-10-4-2-1-3-7(8)10/h1-5,9,11,13H,6H2,(H,14,15). The summed E-state index contributed by atoms with van der Waals surface area (Å²) in [4.78, 5) is 14.0. The van der Waals surface area contributed by atoms with E-state index in [2.05, 4.69) is 4.98 Å². The number of nitrogens with one attached hydrogen (secondary N) is 1.